The van der Waals surface area contributed by atoms with Crippen molar-refractivity contribution in [2.75, 3.05) is 13.1 Å². The number of aromatic nitrogens is 1. The van der Waals surface area contributed by atoms with Crippen molar-refractivity contribution >= 4 is 49.1 Å². The van der Waals surface area contributed by atoms with Crippen LogP contribution in [-0.2, 0) is 14.8 Å². The topological polar surface area (TPSA) is 79.4 Å². The molecule has 1 N–H and O–H groups in total. The van der Waals surface area contributed by atoms with E-state index in [0.717, 1.165) is 28.1 Å². The molecule has 1 amide bonds. The second-order valence-electron chi connectivity index (χ2n) is 6.84. The lowest BCUT2D eigenvalue weighted by molar-refractivity contribution is -0.131. The summed E-state index contributed by atoms with van der Waals surface area (Å²) in [7, 11) is -3.76. The van der Waals surface area contributed by atoms with Crippen molar-refractivity contribution in [1.82, 2.24) is 14.6 Å². The highest BCUT2D eigenvalue weighted by atomic mass is 35.5. The van der Waals surface area contributed by atoms with Crippen LogP contribution in [0.15, 0.2) is 53.4 Å². The fourth-order valence-corrected chi connectivity index (χ4v) is 6.20. The second-order valence-corrected chi connectivity index (χ2v) is 10.0. The maximum Gasteiger partial charge on any atom is 0.242 e. The molecule has 1 fully saturated rings. The summed E-state index contributed by atoms with van der Waals surface area (Å²) in [5, 5.41) is 1.09. The first-order chi connectivity index (χ1) is 14.0. The van der Waals surface area contributed by atoms with Gasteiger partial charge < -0.3 is 4.90 Å². The molecule has 4 rings (SSSR count). The first kappa shape index (κ1) is 20.3. The third-order valence-corrected chi connectivity index (χ3v) is 8.02. The van der Waals surface area contributed by atoms with Crippen LogP contribution in [0.2, 0.25) is 5.02 Å². The molecule has 1 saturated heterocycles. The van der Waals surface area contributed by atoms with Gasteiger partial charge >= 0.3 is 0 Å². The van der Waals surface area contributed by atoms with Gasteiger partial charge in [0.15, 0.2) is 0 Å². The van der Waals surface area contributed by atoms with E-state index < -0.39 is 10.0 Å². The summed E-state index contributed by atoms with van der Waals surface area (Å²) in [5.41, 5.74) is 0.944. The van der Waals surface area contributed by atoms with E-state index in [1.165, 1.54) is 12.1 Å². The first-order valence-electron chi connectivity index (χ1n) is 9.35. The van der Waals surface area contributed by atoms with Gasteiger partial charge in [-0.15, -0.1) is 11.3 Å². The number of nitrogens with zero attached hydrogens (tertiary/aromatic N) is 2. The maximum absolute atomic E-state index is 12.8. The number of nitrogens with one attached hydrogen (secondary N) is 1. The number of rotatable bonds is 6. The van der Waals surface area contributed by atoms with Crippen LogP contribution in [0.4, 0.5) is 0 Å². The molecule has 0 bridgehead atoms. The number of amides is 1. The van der Waals surface area contributed by atoms with Gasteiger partial charge in [0.2, 0.25) is 15.9 Å². The van der Waals surface area contributed by atoms with Crippen LogP contribution in [0.1, 0.15) is 30.3 Å². The van der Waals surface area contributed by atoms with E-state index in [0.29, 0.717) is 6.54 Å². The molecule has 2 aromatic carbocycles. The molecule has 0 radical (unpaired) electrons. The van der Waals surface area contributed by atoms with Gasteiger partial charge in [-0.25, -0.2) is 18.1 Å². The molecule has 0 saturated carbocycles. The minimum atomic E-state index is -3.76. The van der Waals surface area contributed by atoms with Gasteiger partial charge in [0, 0.05) is 19.5 Å². The predicted molar refractivity (Wildman–Crippen MR) is 115 cm³/mol. The van der Waals surface area contributed by atoms with Crippen LogP contribution in [0, 0.1) is 0 Å². The highest BCUT2D eigenvalue weighted by Crippen LogP contribution is 2.36. The number of hydrogen-bond acceptors (Lipinski definition) is 5. The molecule has 0 unspecified atom stereocenters. The Bertz CT molecular complexity index is 1110. The Balaban J connectivity index is 1.41. The second kappa shape index (κ2) is 8.39. The number of carbonyl (C=O) groups is 1. The van der Waals surface area contributed by atoms with Crippen LogP contribution >= 0.6 is 22.9 Å². The van der Waals surface area contributed by atoms with Crippen LogP contribution in [0.25, 0.3) is 10.2 Å². The fourth-order valence-electron chi connectivity index (χ4n) is 3.53. The molecule has 29 heavy (non-hydrogen) atoms. The highest BCUT2D eigenvalue weighted by Gasteiger charge is 2.32. The number of likely N-dealkylation sites (tertiary alicyclic amines) is 1. The van der Waals surface area contributed by atoms with E-state index >= 15 is 0 Å². The minimum absolute atomic E-state index is 0.0163. The molecule has 1 aliphatic rings. The normalized spacial score (nSPS) is 17.1. The Hall–Kier alpha value is -2.00. The van der Waals surface area contributed by atoms with Crippen LogP contribution in [0.3, 0.4) is 0 Å². The van der Waals surface area contributed by atoms with Gasteiger partial charge in [0.05, 0.1) is 21.3 Å². The van der Waals surface area contributed by atoms with Gasteiger partial charge in [0.25, 0.3) is 0 Å². The quantitative estimate of drug-likeness (QED) is 0.617. The number of para-hydroxylation sites is 1. The van der Waals surface area contributed by atoms with Crippen molar-refractivity contribution < 1.29 is 13.2 Å². The van der Waals surface area contributed by atoms with E-state index in [1.54, 1.807) is 23.5 Å². The Morgan fingerprint density at radius 3 is 2.76 bits per heavy atom. The van der Waals surface area contributed by atoms with Gasteiger partial charge in [-0.05, 0) is 37.1 Å². The molecular weight excluding hydrogens is 430 g/mol. The van der Waals surface area contributed by atoms with Crippen molar-refractivity contribution in [1.29, 1.82) is 0 Å². The number of benzene rings is 2. The van der Waals surface area contributed by atoms with Crippen LogP contribution in [0.5, 0.6) is 0 Å². The maximum atomic E-state index is 12.8. The monoisotopic (exact) mass is 449 g/mol. The average molecular weight is 450 g/mol. The molecule has 2 heterocycles. The third kappa shape index (κ3) is 4.30. The summed E-state index contributed by atoms with van der Waals surface area (Å²) in [6.45, 7) is 0.687. The molecule has 3 aromatic rings. The lowest BCUT2D eigenvalue weighted by Crippen LogP contribution is -2.34. The predicted octanol–water partition coefficient (Wildman–Crippen LogP) is 3.98. The summed E-state index contributed by atoms with van der Waals surface area (Å²) in [4.78, 5) is 19.3. The minimum Gasteiger partial charge on any atom is -0.333 e. The zero-order valence-corrected chi connectivity index (χ0v) is 17.9. The lowest BCUT2D eigenvalue weighted by atomic mass is 10.2. The van der Waals surface area contributed by atoms with Crippen LogP contribution < -0.4 is 4.72 Å². The largest absolute Gasteiger partial charge is 0.333 e. The van der Waals surface area contributed by atoms with Crippen molar-refractivity contribution in [2.24, 2.45) is 0 Å². The van der Waals surface area contributed by atoms with Crippen molar-refractivity contribution in [3.8, 4) is 0 Å². The molecule has 9 heteroatoms. The number of halogens is 1. The smallest absolute Gasteiger partial charge is 0.242 e. The van der Waals surface area contributed by atoms with Crippen molar-refractivity contribution in [3.63, 3.8) is 0 Å². The Morgan fingerprint density at radius 2 is 1.97 bits per heavy atom. The average Bonchev–Trinajstić information content (AvgIpc) is 3.34. The number of carbonyl (C=O) groups excluding carboxylic acids is 1. The van der Waals surface area contributed by atoms with E-state index in [4.69, 9.17) is 16.6 Å². The Morgan fingerprint density at radius 1 is 1.21 bits per heavy atom. The lowest BCUT2D eigenvalue weighted by Gasteiger charge is -2.23. The summed E-state index contributed by atoms with van der Waals surface area (Å²) >= 11 is 7.59. The van der Waals surface area contributed by atoms with E-state index in [-0.39, 0.29) is 34.8 Å². The summed E-state index contributed by atoms with van der Waals surface area (Å²) < 4.78 is 28.4. The van der Waals surface area contributed by atoms with Crippen molar-refractivity contribution in [3.05, 3.63) is 58.6 Å². The van der Waals surface area contributed by atoms with Crippen LogP contribution in [-0.4, -0.2) is 37.3 Å². The summed E-state index contributed by atoms with van der Waals surface area (Å²) in [6.07, 6.45) is 1.87. The summed E-state index contributed by atoms with van der Waals surface area (Å²) in [5.74, 6) is -0.0754. The zero-order valence-electron chi connectivity index (χ0n) is 15.5. The van der Waals surface area contributed by atoms with Gasteiger partial charge in [-0.3, -0.25) is 4.79 Å². The molecule has 152 valence electrons. The Labute approximate surface area is 178 Å². The van der Waals surface area contributed by atoms with Gasteiger partial charge in [0.1, 0.15) is 9.90 Å². The SMILES string of the molecule is O=C(CCNS(=O)(=O)c1ccccc1Cl)N1CCC[C@@H]1c1nc2ccccc2s1. The van der Waals surface area contributed by atoms with E-state index in [1.807, 2.05) is 29.2 Å². The third-order valence-electron chi connectivity index (χ3n) is 4.93. The first-order valence-corrected chi connectivity index (χ1v) is 12.0. The molecule has 0 aliphatic carbocycles. The Kier molecular flexibility index (Phi) is 5.87. The molecular formula is C20H20ClN3O3S2. The molecule has 1 atom stereocenters. The van der Waals surface area contributed by atoms with E-state index in [9.17, 15) is 13.2 Å². The molecule has 1 aromatic heterocycles. The molecule has 0 spiro atoms. The van der Waals surface area contributed by atoms with Gasteiger partial charge in [-0.2, -0.15) is 0 Å². The van der Waals surface area contributed by atoms with Gasteiger partial charge in [-0.1, -0.05) is 35.9 Å². The number of hydrogen-bond donors (Lipinski definition) is 1. The fraction of sp³-hybridized carbons (Fsp3) is 0.300. The summed E-state index contributed by atoms with van der Waals surface area (Å²) in [6, 6.07) is 14.1. The molecule has 6 nitrogen and oxygen atoms in total. The highest BCUT2D eigenvalue weighted by molar-refractivity contribution is 7.89. The van der Waals surface area contributed by atoms with Crippen molar-refractivity contribution in [2.45, 2.75) is 30.2 Å². The standard InChI is InChI=1S/C20H20ClN3O3S2/c21-14-6-1-4-10-18(14)29(26,27)22-12-11-19(25)24-13-5-8-16(24)20-23-15-7-2-3-9-17(15)28-20/h1-4,6-7,9-10,16,22H,5,8,11-13H2/t16-/m1/s1. The zero-order chi connectivity index (χ0) is 20.4. The number of fused-ring (bicyclic) bond motifs is 1. The van der Waals surface area contributed by atoms with E-state index in [2.05, 4.69) is 4.72 Å². The number of sulfonamides is 1. The molecule has 1 aliphatic heterocycles. The number of thiazole rings is 1.